The zero-order chi connectivity index (χ0) is 15.5. The lowest BCUT2D eigenvalue weighted by molar-refractivity contribution is 0.412. The van der Waals surface area contributed by atoms with Crippen molar-refractivity contribution in [1.29, 1.82) is 0 Å². The Morgan fingerprint density at radius 3 is 2.43 bits per heavy atom. The zero-order valence-electron chi connectivity index (χ0n) is 12.2. The first-order valence-corrected chi connectivity index (χ1v) is 7.55. The van der Waals surface area contributed by atoms with Gasteiger partial charge in [-0.3, -0.25) is 0 Å². The zero-order valence-corrected chi connectivity index (χ0v) is 13.8. The molecule has 2 aromatic rings. The minimum Gasteiger partial charge on any atom is -0.497 e. The monoisotopic (exact) mass is 351 g/mol. The molecule has 0 saturated carbocycles. The molecule has 0 heterocycles. The lowest BCUT2D eigenvalue weighted by Crippen LogP contribution is -2.41. The average Bonchev–Trinajstić information content (AvgIpc) is 2.43. The molecule has 2 nitrogen and oxygen atoms in total. The molecule has 4 heteroatoms. The van der Waals surface area contributed by atoms with E-state index >= 15 is 0 Å². The molecule has 0 saturated heterocycles. The van der Waals surface area contributed by atoms with Crippen molar-refractivity contribution in [2.45, 2.75) is 25.3 Å². The Morgan fingerprint density at radius 2 is 1.81 bits per heavy atom. The van der Waals surface area contributed by atoms with E-state index < -0.39 is 5.54 Å². The van der Waals surface area contributed by atoms with Crippen LogP contribution in [0.15, 0.2) is 46.9 Å². The van der Waals surface area contributed by atoms with Crippen LogP contribution in [0.5, 0.6) is 5.75 Å². The van der Waals surface area contributed by atoms with Gasteiger partial charge < -0.3 is 10.5 Å². The molecular weight excluding hydrogens is 333 g/mol. The number of halogens is 2. The van der Waals surface area contributed by atoms with Crippen molar-refractivity contribution in [3.05, 3.63) is 63.9 Å². The lowest BCUT2D eigenvalue weighted by atomic mass is 9.87. The largest absolute Gasteiger partial charge is 0.497 e. The third kappa shape index (κ3) is 4.55. The van der Waals surface area contributed by atoms with Crippen LogP contribution in [0.4, 0.5) is 4.39 Å². The third-order valence-corrected chi connectivity index (χ3v) is 4.14. The summed E-state index contributed by atoms with van der Waals surface area (Å²) in [6.45, 7) is 2.00. The molecule has 0 amide bonds. The van der Waals surface area contributed by atoms with E-state index in [1.165, 1.54) is 12.1 Å². The molecule has 112 valence electrons. The maximum Gasteiger partial charge on any atom is 0.123 e. The third-order valence-electron chi connectivity index (χ3n) is 3.37. The van der Waals surface area contributed by atoms with Gasteiger partial charge in [-0.05, 0) is 61.2 Å². The van der Waals surface area contributed by atoms with Crippen molar-refractivity contribution in [1.82, 2.24) is 0 Å². The van der Waals surface area contributed by atoms with Crippen LogP contribution >= 0.6 is 15.9 Å². The van der Waals surface area contributed by atoms with Gasteiger partial charge in [0.15, 0.2) is 0 Å². The summed E-state index contributed by atoms with van der Waals surface area (Å²) in [5.74, 6) is 0.582. The summed E-state index contributed by atoms with van der Waals surface area (Å²) in [7, 11) is 1.65. The van der Waals surface area contributed by atoms with E-state index in [0.717, 1.165) is 21.3 Å². The summed E-state index contributed by atoms with van der Waals surface area (Å²) in [4.78, 5) is 0. The van der Waals surface area contributed by atoms with Crippen LogP contribution in [0.25, 0.3) is 0 Å². The van der Waals surface area contributed by atoms with E-state index in [1.807, 2.05) is 25.1 Å². The Balaban J connectivity index is 2.15. The standard InChI is InChI=1S/C17H19BrFNO/c1-17(20,10-12-3-5-14(19)6-4-12)11-13-9-15(21-2)7-8-16(13)18/h3-9H,10-11,20H2,1-2H3. The van der Waals surface area contributed by atoms with Gasteiger partial charge in [0.1, 0.15) is 11.6 Å². The predicted molar refractivity (Wildman–Crippen MR) is 87.1 cm³/mol. The Hall–Kier alpha value is -1.39. The van der Waals surface area contributed by atoms with Crippen LogP contribution in [0.1, 0.15) is 18.1 Å². The first kappa shape index (κ1) is 16.0. The van der Waals surface area contributed by atoms with E-state index in [1.54, 1.807) is 19.2 Å². The normalized spacial score (nSPS) is 13.8. The highest BCUT2D eigenvalue weighted by Gasteiger charge is 2.21. The van der Waals surface area contributed by atoms with Gasteiger partial charge in [0.2, 0.25) is 0 Å². The Labute approximate surface area is 133 Å². The number of hydrogen-bond donors (Lipinski definition) is 1. The molecule has 21 heavy (non-hydrogen) atoms. The molecule has 0 spiro atoms. The number of methoxy groups -OCH3 is 1. The van der Waals surface area contributed by atoms with E-state index in [0.29, 0.717) is 12.8 Å². The second-order valence-corrected chi connectivity index (χ2v) is 6.45. The summed E-state index contributed by atoms with van der Waals surface area (Å²) in [6, 6.07) is 12.3. The van der Waals surface area contributed by atoms with Gasteiger partial charge in [0, 0.05) is 10.0 Å². The van der Waals surface area contributed by atoms with Gasteiger partial charge in [-0.1, -0.05) is 28.1 Å². The SMILES string of the molecule is COc1ccc(Br)c(CC(C)(N)Cc2ccc(F)cc2)c1. The number of rotatable bonds is 5. The van der Waals surface area contributed by atoms with Gasteiger partial charge in [-0.2, -0.15) is 0 Å². The van der Waals surface area contributed by atoms with Crippen molar-refractivity contribution in [2.24, 2.45) is 5.73 Å². The second-order valence-electron chi connectivity index (χ2n) is 5.59. The molecule has 0 bridgehead atoms. The molecule has 0 fully saturated rings. The lowest BCUT2D eigenvalue weighted by Gasteiger charge is -2.26. The first-order valence-electron chi connectivity index (χ1n) is 6.75. The number of ether oxygens (including phenoxy) is 1. The van der Waals surface area contributed by atoms with Crippen molar-refractivity contribution < 1.29 is 9.13 Å². The number of nitrogens with two attached hydrogens (primary N) is 1. The van der Waals surface area contributed by atoms with E-state index in [-0.39, 0.29) is 5.82 Å². The molecule has 0 aliphatic heterocycles. The maximum atomic E-state index is 13.0. The van der Waals surface area contributed by atoms with Gasteiger partial charge in [0.05, 0.1) is 7.11 Å². The average molecular weight is 352 g/mol. The Bertz CT molecular complexity index is 611. The molecule has 0 aromatic heterocycles. The fourth-order valence-electron chi connectivity index (χ4n) is 2.38. The van der Waals surface area contributed by atoms with Crippen molar-refractivity contribution in [3.63, 3.8) is 0 Å². The molecule has 0 aliphatic carbocycles. The highest BCUT2D eigenvalue weighted by molar-refractivity contribution is 9.10. The summed E-state index contributed by atoms with van der Waals surface area (Å²) in [5.41, 5.74) is 8.13. The summed E-state index contributed by atoms with van der Waals surface area (Å²) in [6.07, 6.45) is 1.37. The minimum absolute atomic E-state index is 0.229. The molecule has 2 rings (SSSR count). The quantitative estimate of drug-likeness (QED) is 0.879. The van der Waals surface area contributed by atoms with Gasteiger partial charge in [-0.25, -0.2) is 4.39 Å². The van der Waals surface area contributed by atoms with Crippen LogP contribution in [0, 0.1) is 5.82 Å². The smallest absolute Gasteiger partial charge is 0.123 e. The van der Waals surface area contributed by atoms with Crippen LogP contribution in [-0.2, 0) is 12.8 Å². The number of hydrogen-bond acceptors (Lipinski definition) is 2. The molecule has 2 aromatic carbocycles. The highest BCUT2D eigenvalue weighted by Crippen LogP contribution is 2.26. The fraction of sp³-hybridized carbons (Fsp3) is 0.294. The molecule has 1 atom stereocenters. The summed E-state index contributed by atoms with van der Waals surface area (Å²) in [5, 5.41) is 0. The molecule has 2 N–H and O–H groups in total. The van der Waals surface area contributed by atoms with E-state index in [9.17, 15) is 4.39 Å². The predicted octanol–water partition coefficient (Wildman–Crippen LogP) is 4.10. The topological polar surface area (TPSA) is 35.2 Å². The Morgan fingerprint density at radius 1 is 1.14 bits per heavy atom. The van der Waals surface area contributed by atoms with Crippen molar-refractivity contribution in [2.75, 3.05) is 7.11 Å². The van der Waals surface area contributed by atoms with Gasteiger partial charge in [0.25, 0.3) is 0 Å². The molecule has 0 aliphatic rings. The minimum atomic E-state index is -0.424. The molecule has 0 radical (unpaired) electrons. The van der Waals surface area contributed by atoms with Gasteiger partial charge >= 0.3 is 0 Å². The Kier molecular flexibility index (Phi) is 5.01. The molecule has 1 unspecified atom stereocenters. The van der Waals surface area contributed by atoms with Gasteiger partial charge in [-0.15, -0.1) is 0 Å². The van der Waals surface area contributed by atoms with Crippen LogP contribution in [0.2, 0.25) is 0 Å². The van der Waals surface area contributed by atoms with E-state index in [2.05, 4.69) is 15.9 Å². The van der Waals surface area contributed by atoms with Crippen molar-refractivity contribution in [3.8, 4) is 5.75 Å². The van der Waals surface area contributed by atoms with Crippen LogP contribution in [0.3, 0.4) is 0 Å². The van der Waals surface area contributed by atoms with Crippen LogP contribution in [-0.4, -0.2) is 12.6 Å². The first-order chi connectivity index (χ1) is 9.89. The van der Waals surface area contributed by atoms with Crippen LogP contribution < -0.4 is 10.5 Å². The molecular formula is C17H19BrFNO. The number of benzene rings is 2. The van der Waals surface area contributed by atoms with E-state index in [4.69, 9.17) is 10.5 Å². The fourth-order valence-corrected chi connectivity index (χ4v) is 2.77. The highest BCUT2D eigenvalue weighted by atomic mass is 79.9. The summed E-state index contributed by atoms with van der Waals surface area (Å²) < 4.78 is 19.2. The second kappa shape index (κ2) is 6.58. The summed E-state index contributed by atoms with van der Waals surface area (Å²) >= 11 is 3.55. The van der Waals surface area contributed by atoms with Crippen molar-refractivity contribution >= 4 is 15.9 Å². The maximum absolute atomic E-state index is 13.0.